The van der Waals surface area contributed by atoms with Gasteiger partial charge in [-0.3, -0.25) is 4.79 Å². The van der Waals surface area contributed by atoms with E-state index in [0.29, 0.717) is 26.3 Å². The van der Waals surface area contributed by atoms with Crippen molar-refractivity contribution in [2.75, 3.05) is 50.9 Å². The molecule has 3 aromatic rings. The molecule has 180 valence electrons. The van der Waals surface area contributed by atoms with Gasteiger partial charge >= 0.3 is 0 Å². The molecule has 0 atom stereocenters. The zero-order chi connectivity index (χ0) is 23.3. The smallest absolute Gasteiger partial charge is 0.225 e. The molecule has 0 N–H and O–H groups in total. The van der Waals surface area contributed by atoms with E-state index in [4.69, 9.17) is 14.6 Å². The van der Waals surface area contributed by atoms with E-state index in [1.54, 1.807) is 6.20 Å². The van der Waals surface area contributed by atoms with Crippen molar-refractivity contribution in [2.45, 2.75) is 32.6 Å². The first-order valence-corrected chi connectivity index (χ1v) is 12.4. The normalized spacial score (nSPS) is 17.3. The van der Waals surface area contributed by atoms with Crippen LogP contribution < -0.4 is 9.64 Å². The summed E-state index contributed by atoms with van der Waals surface area (Å²) in [5.74, 6) is 2.19. The number of morpholine rings is 1. The lowest BCUT2D eigenvalue weighted by atomic mass is 9.95. The molecule has 5 rings (SSSR count). The highest BCUT2D eigenvalue weighted by Crippen LogP contribution is 2.29. The Balaban J connectivity index is 1.27. The lowest BCUT2D eigenvalue weighted by Gasteiger charge is -2.36. The molecule has 0 aliphatic carbocycles. The summed E-state index contributed by atoms with van der Waals surface area (Å²) in [5.41, 5.74) is 2.94. The maximum Gasteiger partial charge on any atom is 0.225 e. The second kappa shape index (κ2) is 10.4. The largest absolute Gasteiger partial charge is 0.494 e. The number of nitrogens with zero attached hydrogens (tertiary/aromatic N) is 5. The summed E-state index contributed by atoms with van der Waals surface area (Å²) < 4.78 is 13.1. The number of amides is 1. The van der Waals surface area contributed by atoms with E-state index < -0.39 is 0 Å². The van der Waals surface area contributed by atoms with E-state index in [2.05, 4.69) is 35.0 Å². The summed E-state index contributed by atoms with van der Waals surface area (Å²) in [7, 11) is 0. The Morgan fingerprint density at radius 1 is 1.12 bits per heavy atom. The van der Waals surface area contributed by atoms with Crippen molar-refractivity contribution in [3.63, 3.8) is 0 Å². The molecule has 2 fully saturated rings. The average Bonchev–Trinajstić information content (AvgIpc) is 3.34. The number of benzene rings is 1. The van der Waals surface area contributed by atoms with Crippen molar-refractivity contribution >= 4 is 17.2 Å². The summed E-state index contributed by atoms with van der Waals surface area (Å²) >= 11 is 0. The third kappa shape index (κ3) is 4.87. The standard InChI is InChI=1S/C26H33N5O3/c1-2-3-16-34-22-6-4-20(5-7-22)23-19-24-25(27-10-13-31(24)28-23)29-11-8-21(9-12-29)26(32)30-14-17-33-18-15-30/h4-7,10,13,19,21H,2-3,8-9,11-12,14-18H2,1H3. The number of rotatable bonds is 7. The van der Waals surface area contributed by atoms with Crippen LogP contribution in [-0.2, 0) is 9.53 Å². The summed E-state index contributed by atoms with van der Waals surface area (Å²) in [6.07, 6.45) is 7.56. The predicted octanol–water partition coefficient (Wildman–Crippen LogP) is 3.65. The number of hydrogen-bond acceptors (Lipinski definition) is 6. The van der Waals surface area contributed by atoms with Crippen molar-refractivity contribution in [1.29, 1.82) is 0 Å². The SMILES string of the molecule is CCCCOc1ccc(-c2cc3c(N4CCC(C(=O)N5CCOCC5)CC4)nccn3n2)cc1. The van der Waals surface area contributed by atoms with Crippen molar-refractivity contribution in [3.8, 4) is 17.0 Å². The second-order valence-electron chi connectivity index (χ2n) is 9.04. The molecule has 0 bridgehead atoms. The Labute approximate surface area is 200 Å². The number of unbranched alkanes of at least 4 members (excludes halogenated alkanes) is 1. The number of aromatic nitrogens is 3. The fourth-order valence-corrected chi connectivity index (χ4v) is 4.73. The van der Waals surface area contributed by atoms with Crippen LogP contribution in [-0.4, -0.2) is 71.4 Å². The number of anilines is 1. The fourth-order valence-electron chi connectivity index (χ4n) is 4.73. The molecule has 1 amide bonds. The van der Waals surface area contributed by atoms with Crippen LogP contribution in [0.15, 0.2) is 42.7 Å². The molecule has 0 spiro atoms. The van der Waals surface area contributed by atoms with Gasteiger partial charge < -0.3 is 19.3 Å². The molecule has 4 heterocycles. The number of carbonyl (C=O) groups excluding carboxylic acids is 1. The first kappa shape index (κ1) is 22.7. The van der Waals surface area contributed by atoms with Crippen molar-refractivity contribution in [3.05, 3.63) is 42.7 Å². The number of ether oxygens (including phenoxy) is 2. The molecule has 2 aliphatic heterocycles. The van der Waals surface area contributed by atoms with Gasteiger partial charge in [-0.1, -0.05) is 13.3 Å². The van der Waals surface area contributed by atoms with E-state index in [1.807, 2.05) is 27.7 Å². The average molecular weight is 464 g/mol. The second-order valence-corrected chi connectivity index (χ2v) is 9.04. The summed E-state index contributed by atoms with van der Waals surface area (Å²) in [4.78, 5) is 21.8. The van der Waals surface area contributed by atoms with E-state index in [0.717, 1.165) is 73.7 Å². The van der Waals surface area contributed by atoms with Crippen LogP contribution in [0.25, 0.3) is 16.8 Å². The van der Waals surface area contributed by atoms with Gasteiger partial charge in [-0.25, -0.2) is 9.50 Å². The Bertz CT molecular complexity index is 1100. The number of hydrogen-bond donors (Lipinski definition) is 0. The monoisotopic (exact) mass is 463 g/mol. The van der Waals surface area contributed by atoms with Crippen molar-refractivity contribution < 1.29 is 14.3 Å². The highest BCUT2D eigenvalue weighted by Gasteiger charge is 2.30. The van der Waals surface area contributed by atoms with Crippen molar-refractivity contribution in [1.82, 2.24) is 19.5 Å². The highest BCUT2D eigenvalue weighted by molar-refractivity contribution is 5.80. The fraction of sp³-hybridized carbons (Fsp3) is 0.500. The van der Waals surface area contributed by atoms with E-state index in [9.17, 15) is 4.79 Å². The molecule has 34 heavy (non-hydrogen) atoms. The van der Waals surface area contributed by atoms with Gasteiger partial charge in [-0.2, -0.15) is 5.10 Å². The molecule has 0 unspecified atom stereocenters. The molecule has 2 aromatic heterocycles. The summed E-state index contributed by atoms with van der Waals surface area (Å²) in [6, 6.07) is 10.2. The molecule has 2 saturated heterocycles. The number of carbonyl (C=O) groups is 1. The van der Waals surface area contributed by atoms with Gasteiger partial charge in [0.15, 0.2) is 5.82 Å². The molecular formula is C26H33N5O3. The molecule has 8 heteroatoms. The molecule has 1 aromatic carbocycles. The number of piperidine rings is 1. The van der Waals surface area contributed by atoms with Gasteiger partial charge in [0, 0.05) is 50.1 Å². The zero-order valence-corrected chi connectivity index (χ0v) is 19.9. The minimum absolute atomic E-state index is 0.0904. The highest BCUT2D eigenvalue weighted by atomic mass is 16.5. The summed E-state index contributed by atoms with van der Waals surface area (Å²) in [5, 5.41) is 4.78. The van der Waals surface area contributed by atoms with Crippen LogP contribution in [0.1, 0.15) is 32.6 Å². The van der Waals surface area contributed by atoms with Gasteiger partial charge in [0.25, 0.3) is 0 Å². The summed E-state index contributed by atoms with van der Waals surface area (Å²) in [6.45, 7) is 7.26. The minimum Gasteiger partial charge on any atom is -0.494 e. The first-order chi connectivity index (χ1) is 16.7. The quantitative estimate of drug-likeness (QED) is 0.498. The van der Waals surface area contributed by atoms with Crippen LogP contribution in [0.3, 0.4) is 0 Å². The molecule has 0 saturated carbocycles. The topological polar surface area (TPSA) is 72.2 Å². The van der Waals surface area contributed by atoms with Crippen LogP contribution in [0.5, 0.6) is 5.75 Å². The lowest BCUT2D eigenvalue weighted by molar-refractivity contribution is -0.140. The van der Waals surface area contributed by atoms with Crippen LogP contribution >= 0.6 is 0 Å². The third-order valence-corrected chi connectivity index (χ3v) is 6.75. The minimum atomic E-state index is 0.0904. The van der Waals surface area contributed by atoms with Gasteiger partial charge in [0.05, 0.1) is 25.5 Å². The lowest BCUT2D eigenvalue weighted by Crippen LogP contribution is -2.47. The Hall–Kier alpha value is -3.13. The number of fused-ring (bicyclic) bond motifs is 1. The van der Waals surface area contributed by atoms with Gasteiger partial charge in [0.2, 0.25) is 5.91 Å². The van der Waals surface area contributed by atoms with Gasteiger partial charge in [0.1, 0.15) is 11.3 Å². The molecule has 8 nitrogen and oxygen atoms in total. The van der Waals surface area contributed by atoms with E-state index in [-0.39, 0.29) is 11.8 Å². The zero-order valence-electron chi connectivity index (χ0n) is 19.9. The van der Waals surface area contributed by atoms with Gasteiger partial charge in [-0.05, 0) is 49.6 Å². The van der Waals surface area contributed by atoms with Gasteiger partial charge in [-0.15, -0.1) is 0 Å². The Morgan fingerprint density at radius 2 is 1.88 bits per heavy atom. The Kier molecular flexibility index (Phi) is 6.94. The molecule has 0 radical (unpaired) electrons. The first-order valence-electron chi connectivity index (χ1n) is 12.4. The Morgan fingerprint density at radius 3 is 2.62 bits per heavy atom. The molecular weight excluding hydrogens is 430 g/mol. The van der Waals surface area contributed by atoms with Crippen LogP contribution in [0.2, 0.25) is 0 Å². The van der Waals surface area contributed by atoms with E-state index >= 15 is 0 Å². The van der Waals surface area contributed by atoms with Crippen molar-refractivity contribution in [2.24, 2.45) is 5.92 Å². The maximum atomic E-state index is 12.9. The predicted molar refractivity (Wildman–Crippen MR) is 131 cm³/mol. The van der Waals surface area contributed by atoms with E-state index in [1.165, 1.54) is 0 Å². The molecule has 2 aliphatic rings. The van der Waals surface area contributed by atoms with Crippen LogP contribution in [0.4, 0.5) is 5.82 Å². The third-order valence-electron chi connectivity index (χ3n) is 6.75. The van der Waals surface area contributed by atoms with Crippen LogP contribution in [0, 0.1) is 5.92 Å². The maximum absolute atomic E-state index is 12.9.